The van der Waals surface area contributed by atoms with E-state index in [1.807, 2.05) is 0 Å². The Morgan fingerprint density at radius 2 is 1.93 bits per heavy atom. The molecule has 1 saturated heterocycles. The number of nitrogens with two attached hydrogens (primary N) is 2. The quantitative estimate of drug-likeness (QED) is 0.235. The fourth-order valence-electron chi connectivity index (χ4n) is 2.04. The second-order valence-electron chi connectivity index (χ2n) is 5.16. The molecule has 1 fully saturated rings. The van der Waals surface area contributed by atoms with Crippen molar-refractivity contribution in [1.82, 2.24) is 9.55 Å². The number of phosphoric ester groups is 2. The van der Waals surface area contributed by atoms with Crippen molar-refractivity contribution in [2.75, 3.05) is 18.9 Å². The summed E-state index contributed by atoms with van der Waals surface area (Å²) in [5.74, 6) is -0.110. The van der Waals surface area contributed by atoms with Gasteiger partial charge in [0.25, 0.3) is 0 Å². The molecule has 1 aliphatic rings. The lowest BCUT2D eigenvalue weighted by Crippen LogP contribution is -2.35. The number of aliphatic hydroxyl groups is 2. The van der Waals surface area contributed by atoms with Crippen molar-refractivity contribution >= 4 is 21.5 Å². The SMILES string of the molecule is NCCOP(=O)(O)OP(=O)(O)O[C@H]1O[C@@H](n2ccc(N)nc2=O)[C@H](O)[C@@H]1O. The highest BCUT2D eigenvalue weighted by atomic mass is 31.3. The molecule has 15 nitrogen and oxygen atoms in total. The number of aromatic nitrogens is 2. The van der Waals surface area contributed by atoms with E-state index in [1.165, 1.54) is 6.07 Å². The van der Waals surface area contributed by atoms with E-state index >= 15 is 0 Å². The lowest BCUT2D eigenvalue weighted by Gasteiger charge is -2.20. The third-order valence-corrected chi connectivity index (χ3v) is 5.77. The van der Waals surface area contributed by atoms with E-state index in [4.69, 9.17) is 16.2 Å². The molecular weight excluding hydrogens is 414 g/mol. The Morgan fingerprint density at radius 1 is 1.26 bits per heavy atom. The van der Waals surface area contributed by atoms with Crippen LogP contribution < -0.4 is 17.2 Å². The third kappa shape index (κ3) is 5.63. The second-order valence-corrected chi connectivity index (χ2v) is 8.16. The van der Waals surface area contributed by atoms with Crippen LogP contribution in [0.5, 0.6) is 0 Å². The molecule has 27 heavy (non-hydrogen) atoms. The summed E-state index contributed by atoms with van der Waals surface area (Å²) in [6.07, 6.45) is -6.16. The summed E-state index contributed by atoms with van der Waals surface area (Å²) in [7, 11) is -10.3. The summed E-state index contributed by atoms with van der Waals surface area (Å²) < 4.78 is 41.9. The fraction of sp³-hybridized carbons (Fsp3) is 0.600. The van der Waals surface area contributed by atoms with Gasteiger partial charge in [-0.15, -0.1) is 0 Å². The van der Waals surface area contributed by atoms with E-state index in [-0.39, 0.29) is 12.4 Å². The number of hydrogen-bond acceptors (Lipinski definition) is 12. The Hall–Kier alpha value is -1.22. The van der Waals surface area contributed by atoms with E-state index in [1.54, 1.807) is 0 Å². The van der Waals surface area contributed by atoms with E-state index in [0.29, 0.717) is 0 Å². The Kier molecular flexibility index (Phi) is 6.89. The molecule has 0 amide bonds. The Labute approximate surface area is 151 Å². The minimum atomic E-state index is -5.30. The number of hydrogen-bond donors (Lipinski definition) is 6. The molecule has 8 N–H and O–H groups in total. The van der Waals surface area contributed by atoms with E-state index in [0.717, 1.165) is 10.8 Å². The van der Waals surface area contributed by atoms with Crippen LogP contribution in [0.25, 0.3) is 0 Å². The van der Waals surface area contributed by atoms with Gasteiger partial charge in [-0.2, -0.15) is 9.29 Å². The first kappa shape index (κ1) is 22.1. The fourth-order valence-corrected chi connectivity index (χ4v) is 4.20. The Morgan fingerprint density at radius 3 is 2.52 bits per heavy atom. The Bertz CT molecular complexity index is 819. The largest absolute Gasteiger partial charge is 0.483 e. The van der Waals surface area contributed by atoms with Crippen LogP contribution in [0, 0.1) is 0 Å². The summed E-state index contributed by atoms with van der Waals surface area (Å²) in [6, 6.07) is 1.20. The molecule has 2 heterocycles. The number of nitrogen functional groups attached to an aromatic ring is 1. The number of phosphoric acid groups is 2. The van der Waals surface area contributed by atoms with Crippen molar-refractivity contribution in [2.24, 2.45) is 5.73 Å². The first-order chi connectivity index (χ1) is 12.5. The van der Waals surface area contributed by atoms with E-state index < -0.39 is 52.7 Å². The van der Waals surface area contributed by atoms with Crippen molar-refractivity contribution in [1.29, 1.82) is 0 Å². The van der Waals surface area contributed by atoms with Crippen molar-refractivity contribution in [3.8, 4) is 0 Å². The zero-order valence-electron chi connectivity index (χ0n) is 13.5. The van der Waals surface area contributed by atoms with Crippen LogP contribution in [0.4, 0.5) is 5.82 Å². The van der Waals surface area contributed by atoms with Crippen LogP contribution in [-0.2, 0) is 27.2 Å². The lowest BCUT2D eigenvalue weighted by molar-refractivity contribution is -0.135. The number of anilines is 1. The summed E-state index contributed by atoms with van der Waals surface area (Å²) in [6.45, 7) is -0.628. The van der Waals surface area contributed by atoms with Gasteiger partial charge in [0.1, 0.15) is 18.0 Å². The molecule has 2 rings (SSSR count). The van der Waals surface area contributed by atoms with E-state index in [2.05, 4.69) is 18.3 Å². The average Bonchev–Trinajstić information content (AvgIpc) is 2.80. The molecule has 0 aliphatic carbocycles. The van der Waals surface area contributed by atoms with Gasteiger partial charge in [-0.3, -0.25) is 13.6 Å². The molecule has 17 heteroatoms. The standard InChI is InChI=1S/C10H18N4O11P2/c11-2-4-22-26(18,19)25-27(20,21)24-9-7(16)6(15)8(23-9)14-3-1-5(12)13-10(14)17/h1,3,6-9,15-16H,2,4,11H2,(H,18,19)(H,20,21)(H2,12,13,17)/t6-,7+,8-,9-/m1/s1. The normalized spacial score (nSPS) is 30.0. The van der Waals surface area contributed by atoms with Gasteiger partial charge in [-0.1, -0.05) is 0 Å². The molecular formula is C10H18N4O11P2. The number of aliphatic hydroxyl groups excluding tert-OH is 2. The molecule has 0 aromatic carbocycles. The topological polar surface area (TPSA) is 239 Å². The van der Waals surface area contributed by atoms with Crippen molar-refractivity contribution in [3.63, 3.8) is 0 Å². The van der Waals surface area contributed by atoms with Gasteiger partial charge in [0.15, 0.2) is 12.5 Å². The van der Waals surface area contributed by atoms with Crippen LogP contribution in [0.2, 0.25) is 0 Å². The molecule has 6 atom stereocenters. The second kappa shape index (κ2) is 8.43. The molecule has 1 aromatic rings. The van der Waals surface area contributed by atoms with Gasteiger partial charge in [0, 0.05) is 12.7 Å². The summed E-state index contributed by atoms with van der Waals surface area (Å²) in [5, 5.41) is 19.9. The highest BCUT2D eigenvalue weighted by molar-refractivity contribution is 7.61. The highest BCUT2D eigenvalue weighted by Gasteiger charge is 2.49. The zero-order valence-corrected chi connectivity index (χ0v) is 15.3. The number of ether oxygens (including phenoxy) is 1. The first-order valence-electron chi connectivity index (χ1n) is 7.22. The molecule has 0 spiro atoms. The van der Waals surface area contributed by atoms with Gasteiger partial charge in [0.2, 0.25) is 0 Å². The molecule has 1 aromatic heterocycles. The molecule has 2 unspecified atom stereocenters. The van der Waals surface area contributed by atoms with Gasteiger partial charge in [0.05, 0.1) is 6.61 Å². The smallest absolute Gasteiger partial charge is 0.385 e. The van der Waals surface area contributed by atoms with Crippen molar-refractivity contribution < 1.29 is 47.2 Å². The van der Waals surface area contributed by atoms with Gasteiger partial charge in [-0.05, 0) is 6.07 Å². The monoisotopic (exact) mass is 432 g/mol. The van der Waals surface area contributed by atoms with Crippen LogP contribution in [-0.4, -0.2) is 61.2 Å². The molecule has 0 radical (unpaired) electrons. The lowest BCUT2D eigenvalue weighted by atomic mass is 10.2. The van der Waals surface area contributed by atoms with Gasteiger partial charge >= 0.3 is 21.3 Å². The predicted molar refractivity (Wildman–Crippen MR) is 85.7 cm³/mol. The third-order valence-electron chi connectivity index (χ3n) is 3.14. The van der Waals surface area contributed by atoms with Crippen LogP contribution >= 0.6 is 15.6 Å². The molecule has 154 valence electrons. The van der Waals surface area contributed by atoms with Crippen molar-refractivity contribution in [3.05, 3.63) is 22.7 Å². The molecule has 1 aliphatic heterocycles. The van der Waals surface area contributed by atoms with Crippen LogP contribution in [0.15, 0.2) is 17.1 Å². The minimum absolute atomic E-state index is 0.110. The van der Waals surface area contributed by atoms with Gasteiger partial charge < -0.3 is 36.2 Å². The van der Waals surface area contributed by atoms with Crippen LogP contribution in [0.3, 0.4) is 0 Å². The number of nitrogens with zero attached hydrogens (tertiary/aromatic N) is 2. The maximum atomic E-state index is 11.9. The number of rotatable bonds is 8. The van der Waals surface area contributed by atoms with E-state index in [9.17, 15) is 33.9 Å². The summed E-state index contributed by atoms with van der Waals surface area (Å²) in [4.78, 5) is 34.0. The Balaban J connectivity index is 2.12. The summed E-state index contributed by atoms with van der Waals surface area (Å²) in [5.41, 5.74) is 9.45. The average molecular weight is 432 g/mol. The molecule has 0 bridgehead atoms. The van der Waals surface area contributed by atoms with Crippen LogP contribution in [0.1, 0.15) is 6.23 Å². The molecule has 0 saturated carbocycles. The maximum absolute atomic E-state index is 11.9. The zero-order chi connectivity index (χ0) is 20.4. The first-order valence-corrected chi connectivity index (χ1v) is 10.2. The van der Waals surface area contributed by atoms with Gasteiger partial charge in [-0.25, -0.2) is 13.9 Å². The predicted octanol–water partition coefficient (Wildman–Crippen LogP) is -2.39. The maximum Gasteiger partial charge on any atom is 0.483 e. The van der Waals surface area contributed by atoms with Crippen molar-refractivity contribution in [2.45, 2.75) is 24.7 Å². The summed E-state index contributed by atoms with van der Waals surface area (Å²) >= 11 is 0. The highest BCUT2D eigenvalue weighted by Crippen LogP contribution is 2.61. The minimum Gasteiger partial charge on any atom is -0.385 e.